The minimum absolute atomic E-state index is 0.0289. The molecule has 0 fully saturated rings. The summed E-state index contributed by atoms with van der Waals surface area (Å²) in [5.74, 6) is -0.495. The highest BCUT2D eigenvalue weighted by Gasteiger charge is 2.42. The van der Waals surface area contributed by atoms with E-state index in [1.165, 1.54) is 11.3 Å². The number of anilines is 1. The molecule has 0 saturated carbocycles. The number of fused-ring (bicyclic) bond motifs is 1. The van der Waals surface area contributed by atoms with Crippen LogP contribution in [-0.4, -0.2) is 43.4 Å². The number of rotatable bonds is 8. The lowest BCUT2D eigenvalue weighted by atomic mass is 9.81. The Morgan fingerprint density at radius 3 is 2.67 bits per heavy atom. The van der Waals surface area contributed by atoms with Gasteiger partial charge in [-0.1, -0.05) is 36.4 Å². The SMILES string of the molecule is CCN(CCCNC(=O)[C@H]1c2ccccc2C(=O)N(C)[C@@H]1c1cccs1)c1cccc(C)c1. The van der Waals surface area contributed by atoms with Gasteiger partial charge in [-0.3, -0.25) is 9.59 Å². The van der Waals surface area contributed by atoms with Crippen LogP contribution in [0.25, 0.3) is 0 Å². The third-order valence-corrected chi connectivity index (χ3v) is 7.29. The minimum atomic E-state index is -0.429. The second-order valence-electron chi connectivity index (χ2n) is 8.50. The van der Waals surface area contributed by atoms with Gasteiger partial charge in [0.15, 0.2) is 0 Å². The largest absolute Gasteiger partial charge is 0.372 e. The number of nitrogens with zero attached hydrogens (tertiary/aromatic N) is 2. The fourth-order valence-corrected chi connectivity index (χ4v) is 5.56. The first-order chi connectivity index (χ1) is 16.0. The number of hydrogen-bond acceptors (Lipinski definition) is 4. The van der Waals surface area contributed by atoms with Crippen molar-refractivity contribution in [3.05, 3.63) is 87.6 Å². The molecule has 0 bridgehead atoms. The topological polar surface area (TPSA) is 52.7 Å². The molecule has 1 aromatic heterocycles. The summed E-state index contributed by atoms with van der Waals surface area (Å²) in [6, 6.07) is 19.7. The van der Waals surface area contributed by atoms with E-state index in [0.29, 0.717) is 12.1 Å². The van der Waals surface area contributed by atoms with E-state index < -0.39 is 5.92 Å². The van der Waals surface area contributed by atoms with Gasteiger partial charge in [-0.25, -0.2) is 0 Å². The average molecular weight is 462 g/mol. The van der Waals surface area contributed by atoms with E-state index in [4.69, 9.17) is 0 Å². The van der Waals surface area contributed by atoms with Gasteiger partial charge in [0.2, 0.25) is 5.91 Å². The zero-order valence-corrected chi connectivity index (χ0v) is 20.3. The van der Waals surface area contributed by atoms with Gasteiger partial charge in [-0.2, -0.15) is 0 Å². The van der Waals surface area contributed by atoms with Crippen molar-refractivity contribution in [2.45, 2.75) is 32.2 Å². The Balaban J connectivity index is 1.47. The van der Waals surface area contributed by atoms with Gasteiger partial charge in [0, 0.05) is 42.8 Å². The molecule has 2 aromatic carbocycles. The van der Waals surface area contributed by atoms with E-state index in [1.807, 2.05) is 41.8 Å². The van der Waals surface area contributed by atoms with Crippen molar-refractivity contribution >= 4 is 28.8 Å². The van der Waals surface area contributed by atoms with E-state index in [9.17, 15) is 9.59 Å². The number of benzene rings is 2. The van der Waals surface area contributed by atoms with Crippen LogP contribution < -0.4 is 10.2 Å². The highest BCUT2D eigenvalue weighted by molar-refractivity contribution is 7.10. The van der Waals surface area contributed by atoms with E-state index in [1.54, 1.807) is 23.3 Å². The lowest BCUT2D eigenvalue weighted by molar-refractivity contribution is -0.124. The number of nitrogens with one attached hydrogen (secondary N) is 1. The summed E-state index contributed by atoms with van der Waals surface area (Å²) in [7, 11) is 1.80. The number of carbonyl (C=O) groups excluding carboxylic acids is 2. The number of likely N-dealkylation sites (N-methyl/N-ethyl adjacent to an activating group) is 1. The molecule has 1 aliphatic rings. The van der Waals surface area contributed by atoms with Crippen LogP contribution in [0.15, 0.2) is 66.0 Å². The Bertz CT molecular complexity index is 1110. The summed E-state index contributed by atoms with van der Waals surface area (Å²) in [6.07, 6.45) is 0.848. The Kier molecular flexibility index (Phi) is 7.14. The predicted octanol–water partition coefficient (Wildman–Crippen LogP) is 5.00. The van der Waals surface area contributed by atoms with Crippen molar-refractivity contribution in [1.82, 2.24) is 10.2 Å². The molecule has 2 atom stereocenters. The molecule has 0 unspecified atom stereocenters. The molecule has 33 heavy (non-hydrogen) atoms. The van der Waals surface area contributed by atoms with Crippen molar-refractivity contribution in [2.75, 3.05) is 31.6 Å². The van der Waals surface area contributed by atoms with Crippen LogP contribution in [0.5, 0.6) is 0 Å². The van der Waals surface area contributed by atoms with Crippen LogP contribution in [0.4, 0.5) is 5.69 Å². The highest BCUT2D eigenvalue weighted by Crippen LogP contribution is 2.43. The third kappa shape index (κ3) is 4.81. The maximum absolute atomic E-state index is 13.5. The van der Waals surface area contributed by atoms with Gasteiger partial charge in [0.1, 0.15) is 0 Å². The van der Waals surface area contributed by atoms with Crippen molar-refractivity contribution in [2.24, 2.45) is 0 Å². The molecule has 172 valence electrons. The van der Waals surface area contributed by atoms with Crippen molar-refractivity contribution in [3.8, 4) is 0 Å². The summed E-state index contributed by atoms with van der Waals surface area (Å²) >= 11 is 1.58. The van der Waals surface area contributed by atoms with Crippen LogP contribution in [0.1, 0.15) is 51.7 Å². The van der Waals surface area contributed by atoms with E-state index in [0.717, 1.165) is 30.0 Å². The zero-order valence-electron chi connectivity index (χ0n) is 19.5. The lowest BCUT2D eigenvalue weighted by Crippen LogP contribution is -2.45. The fourth-order valence-electron chi connectivity index (χ4n) is 4.66. The summed E-state index contributed by atoms with van der Waals surface area (Å²) in [6.45, 7) is 6.63. The predicted molar refractivity (Wildman–Crippen MR) is 135 cm³/mol. The fraction of sp³-hybridized carbons (Fsp3) is 0.333. The standard InChI is InChI=1S/C27H31N3O2S/c1-4-30(20-11-7-10-19(2)18-20)16-9-15-28-26(31)24-21-12-5-6-13-22(21)27(32)29(3)25(24)23-14-8-17-33-23/h5-8,10-14,17-18,24-25H,4,9,15-16H2,1-3H3,(H,28,31)/t24-,25+/m0/s1. The molecule has 0 radical (unpaired) electrons. The van der Waals surface area contributed by atoms with Crippen LogP contribution >= 0.6 is 11.3 Å². The van der Waals surface area contributed by atoms with Gasteiger partial charge >= 0.3 is 0 Å². The summed E-state index contributed by atoms with van der Waals surface area (Å²) in [4.78, 5) is 31.6. The van der Waals surface area contributed by atoms with Crippen LogP contribution in [0.2, 0.25) is 0 Å². The van der Waals surface area contributed by atoms with Gasteiger partial charge in [-0.05, 0) is 61.0 Å². The van der Waals surface area contributed by atoms with Crippen molar-refractivity contribution < 1.29 is 9.59 Å². The molecule has 3 aromatic rings. The number of aryl methyl sites for hydroxylation is 1. The normalized spacial score (nSPS) is 17.5. The quantitative estimate of drug-likeness (QED) is 0.480. The van der Waals surface area contributed by atoms with Crippen LogP contribution in [-0.2, 0) is 4.79 Å². The Morgan fingerprint density at radius 1 is 1.12 bits per heavy atom. The maximum Gasteiger partial charge on any atom is 0.254 e. The summed E-state index contributed by atoms with van der Waals surface area (Å²) in [5.41, 5.74) is 3.88. The second-order valence-corrected chi connectivity index (χ2v) is 9.48. The Hall–Kier alpha value is -3.12. The van der Waals surface area contributed by atoms with Gasteiger partial charge in [-0.15, -0.1) is 11.3 Å². The molecule has 0 spiro atoms. The molecule has 1 aliphatic heterocycles. The lowest BCUT2D eigenvalue weighted by Gasteiger charge is -2.39. The molecule has 6 heteroatoms. The molecule has 4 rings (SSSR count). The minimum Gasteiger partial charge on any atom is -0.372 e. The Morgan fingerprint density at radius 2 is 1.94 bits per heavy atom. The van der Waals surface area contributed by atoms with Crippen LogP contribution in [0, 0.1) is 6.92 Å². The van der Waals surface area contributed by atoms with Gasteiger partial charge in [0.25, 0.3) is 5.91 Å². The van der Waals surface area contributed by atoms with E-state index >= 15 is 0 Å². The molecule has 2 heterocycles. The Labute approximate surface area is 200 Å². The molecule has 2 amide bonds. The van der Waals surface area contributed by atoms with Crippen molar-refractivity contribution in [3.63, 3.8) is 0 Å². The first kappa shape index (κ1) is 23.1. The second kappa shape index (κ2) is 10.2. The molecule has 5 nitrogen and oxygen atoms in total. The summed E-state index contributed by atoms with van der Waals surface area (Å²) < 4.78 is 0. The monoisotopic (exact) mass is 461 g/mol. The third-order valence-electron chi connectivity index (χ3n) is 6.35. The van der Waals surface area contributed by atoms with Gasteiger partial charge < -0.3 is 15.1 Å². The molecular weight excluding hydrogens is 430 g/mol. The van der Waals surface area contributed by atoms with E-state index in [2.05, 4.69) is 48.3 Å². The van der Waals surface area contributed by atoms with Crippen LogP contribution in [0.3, 0.4) is 0 Å². The molecule has 0 aliphatic carbocycles. The first-order valence-corrected chi connectivity index (χ1v) is 12.4. The maximum atomic E-state index is 13.5. The summed E-state index contributed by atoms with van der Waals surface area (Å²) in [5, 5.41) is 5.16. The number of amides is 2. The molecular formula is C27H31N3O2S. The molecule has 0 saturated heterocycles. The number of thiophene rings is 1. The average Bonchev–Trinajstić information content (AvgIpc) is 3.35. The highest BCUT2D eigenvalue weighted by atomic mass is 32.1. The number of carbonyl (C=O) groups is 2. The number of hydrogen-bond donors (Lipinski definition) is 1. The van der Waals surface area contributed by atoms with Gasteiger partial charge in [0.05, 0.1) is 12.0 Å². The molecule has 1 N–H and O–H groups in total. The zero-order chi connectivity index (χ0) is 23.4. The van der Waals surface area contributed by atoms with E-state index in [-0.39, 0.29) is 17.9 Å². The first-order valence-electron chi connectivity index (χ1n) is 11.5. The van der Waals surface area contributed by atoms with Crippen molar-refractivity contribution in [1.29, 1.82) is 0 Å². The smallest absolute Gasteiger partial charge is 0.254 e.